The third kappa shape index (κ3) is 3.79. The van der Waals surface area contributed by atoms with E-state index in [2.05, 4.69) is 6.92 Å². The molecular weight excluding hydrogens is 524 g/mol. The average molecular weight is 569 g/mol. The lowest BCUT2D eigenvalue weighted by Gasteiger charge is -2.67. The van der Waals surface area contributed by atoms with Gasteiger partial charge in [-0.25, -0.2) is 4.79 Å². The standard InChI is InChI=1S/C29H44O11/c1-14-22(33)23(34)24(35)25(39-14)40-16-3-7-27(13-30)18-4-6-26(2)17(15-9-21(32)38-12-15)5-8-28(26,36)19(18)10-20(31)29(27,37)11-16/h9,14,16-20,22-25,30-31,33-37H,3-8,10-13H2,1-2H3/t14-,16-,17+,18-,19+,20+,22+,23+,24+,25?,26+,27-,28-,29+/m0/s1. The number of carbonyl (C=O) groups is 1. The number of carbonyl (C=O) groups excluding carboxylic acids is 1. The van der Waals surface area contributed by atoms with Crippen molar-refractivity contribution >= 4 is 5.97 Å². The van der Waals surface area contributed by atoms with Gasteiger partial charge in [0.2, 0.25) is 0 Å². The second-order valence-electron chi connectivity index (χ2n) is 13.7. The second kappa shape index (κ2) is 9.68. The molecule has 6 aliphatic rings. The summed E-state index contributed by atoms with van der Waals surface area (Å²) in [4.78, 5) is 11.8. The number of esters is 1. The summed E-state index contributed by atoms with van der Waals surface area (Å²) in [7, 11) is 0. The monoisotopic (exact) mass is 568 g/mol. The first-order valence-electron chi connectivity index (χ1n) is 14.8. The lowest BCUT2D eigenvalue weighted by atomic mass is 9.41. The highest BCUT2D eigenvalue weighted by atomic mass is 16.7. The first kappa shape index (κ1) is 28.9. The van der Waals surface area contributed by atoms with E-state index in [9.17, 15) is 40.5 Å². The number of rotatable bonds is 4. The Hall–Kier alpha value is -1.15. The molecule has 1 saturated heterocycles. The quantitative estimate of drug-likeness (QED) is 0.171. The predicted octanol–water partition coefficient (Wildman–Crippen LogP) is -0.486. The lowest BCUT2D eigenvalue weighted by molar-refractivity contribution is -0.333. The molecule has 2 aliphatic heterocycles. The van der Waals surface area contributed by atoms with Crippen LogP contribution < -0.4 is 0 Å². The van der Waals surface area contributed by atoms with Crippen LogP contribution in [0.5, 0.6) is 0 Å². The highest BCUT2D eigenvalue weighted by Gasteiger charge is 2.73. The van der Waals surface area contributed by atoms with E-state index in [4.69, 9.17) is 14.2 Å². The van der Waals surface area contributed by atoms with Gasteiger partial charge in [-0.05, 0) is 75.2 Å². The van der Waals surface area contributed by atoms with Crippen molar-refractivity contribution in [2.45, 2.75) is 119 Å². The summed E-state index contributed by atoms with van der Waals surface area (Å²) in [6.45, 7) is 3.51. The van der Waals surface area contributed by atoms with Crippen LogP contribution in [0.3, 0.4) is 0 Å². The zero-order valence-electron chi connectivity index (χ0n) is 23.2. The van der Waals surface area contributed by atoms with E-state index < -0.39 is 64.9 Å². The van der Waals surface area contributed by atoms with Gasteiger partial charge in [0.15, 0.2) is 6.29 Å². The zero-order valence-corrected chi connectivity index (χ0v) is 23.2. The van der Waals surface area contributed by atoms with Gasteiger partial charge in [0.25, 0.3) is 0 Å². The van der Waals surface area contributed by atoms with Crippen molar-refractivity contribution in [1.82, 2.24) is 0 Å². The van der Waals surface area contributed by atoms with Crippen molar-refractivity contribution < 1.29 is 54.8 Å². The molecule has 0 amide bonds. The normalized spacial score (nSPS) is 56.1. The Morgan fingerprint density at radius 1 is 0.975 bits per heavy atom. The molecule has 5 fully saturated rings. The number of fused-ring (bicyclic) bond motifs is 5. The molecule has 226 valence electrons. The van der Waals surface area contributed by atoms with Gasteiger partial charge in [0, 0.05) is 23.3 Å². The van der Waals surface area contributed by atoms with E-state index in [-0.39, 0.29) is 49.8 Å². The van der Waals surface area contributed by atoms with Crippen LogP contribution >= 0.6 is 0 Å². The fourth-order valence-corrected chi connectivity index (χ4v) is 9.93. The molecule has 0 aromatic rings. The van der Waals surface area contributed by atoms with Gasteiger partial charge in [-0.2, -0.15) is 0 Å². The van der Waals surface area contributed by atoms with E-state index in [1.165, 1.54) is 0 Å². The molecular formula is C29H44O11. The van der Waals surface area contributed by atoms with Crippen LogP contribution in [0.2, 0.25) is 0 Å². The van der Waals surface area contributed by atoms with Crippen LogP contribution in [0.1, 0.15) is 65.2 Å². The van der Waals surface area contributed by atoms with Gasteiger partial charge < -0.3 is 50.0 Å². The molecule has 0 spiro atoms. The van der Waals surface area contributed by atoms with Crippen molar-refractivity contribution in [2.75, 3.05) is 13.2 Å². The maximum absolute atomic E-state index is 12.4. The molecule has 14 atom stereocenters. The molecule has 0 aromatic carbocycles. The molecule has 4 aliphatic carbocycles. The number of ether oxygens (including phenoxy) is 3. The predicted molar refractivity (Wildman–Crippen MR) is 137 cm³/mol. The fraction of sp³-hybridized carbons (Fsp3) is 0.897. The van der Waals surface area contributed by atoms with Gasteiger partial charge in [-0.3, -0.25) is 0 Å². The Morgan fingerprint density at radius 3 is 2.40 bits per heavy atom. The van der Waals surface area contributed by atoms with Crippen molar-refractivity contribution in [3.63, 3.8) is 0 Å². The molecule has 4 saturated carbocycles. The van der Waals surface area contributed by atoms with Gasteiger partial charge >= 0.3 is 5.97 Å². The number of hydrogen-bond donors (Lipinski definition) is 7. The van der Waals surface area contributed by atoms with Crippen molar-refractivity contribution in [3.05, 3.63) is 11.6 Å². The Bertz CT molecular complexity index is 1050. The molecule has 0 bridgehead atoms. The van der Waals surface area contributed by atoms with E-state index in [1.807, 2.05) is 0 Å². The van der Waals surface area contributed by atoms with E-state index >= 15 is 0 Å². The topological polar surface area (TPSA) is 186 Å². The Balaban J connectivity index is 1.25. The Kier molecular flexibility index (Phi) is 7.01. The first-order valence-corrected chi connectivity index (χ1v) is 14.8. The highest BCUT2D eigenvalue weighted by Crippen LogP contribution is 2.70. The molecule has 6 rings (SSSR count). The van der Waals surface area contributed by atoms with Crippen molar-refractivity contribution in [3.8, 4) is 0 Å². The maximum atomic E-state index is 12.4. The summed E-state index contributed by atoms with van der Waals surface area (Å²) in [5.41, 5.74) is -3.53. The summed E-state index contributed by atoms with van der Waals surface area (Å²) in [5, 5.41) is 77.7. The Labute approximate surface area is 233 Å². The summed E-state index contributed by atoms with van der Waals surface area (Å²) < 4.78 is 16.8. The van der Waals surface area contributed by atoms with Crippen LogP contribution in [0.15, 0.2) is 11.6 Å². The highest BCUT2D eigenvalue weighted by molar-refractivity contribution is 5.85. The smallest absolute Gasteiger partial charge is 0.331 e. The third-order valence-corrected chi connectivity index (χ3v) is 12.2. The van der Waals surface area contributed by atoms with Crippen LogP contribution in [-0.2, 0) is 19.0 Å². The molecule has 11 heteroatoms. The van der Waals surface area contributed by atoms with Gasteiger partial charge in [-0.1, -0.05) is 6.92 Å². The number of aliphatic hydroxyl groups is 7. The van der Waals surface area contributed by atoms with Crippen LogP contribution in [0, 0.1) is 28.6 Å². The third-order valence-electron chi connectivity index (χ3n) is 12.2. The first-order chi connectivity index (χ1) is 18.8. The minimum atomic E-state index is -1.70. The lowest BCUT2D eigenvalue weighted by Crippen LogP contribution is -2.73. The molecule has 11 nitrogen and oxygen atoms in total. The molecule has 1 unspecified atom stereocenters. The van der Waals surface area contributed by atoms with Crippen LogP contribution in [-0.4, -0.2) is 109 Å². The van der Waals surface area contributed by atoms with E-state index in [0.717, 1.165) is 5.57 Å². The summed E-state index contributed by atoms with van der Waals surface area (Å²) in [5.74, 6) is -0.969. The number of cyclic esters (lactones) is 1. The minimum Gasteiger partial charge on any atom is -0.458 e. The second-order valence-corrected chi connectivity index (χ2v) is 13.7. The van der Waals surface area contributed by atoms with Gasteiger partial charge in [-0.15, -0.1) is 0 Å². The largest absolute Gasteiger partial charge is 0.458 e. The molecule has 40 heavy (non-hydrogen) atoms. The molecule has 7 N–H and O–H groups in total. The summed E-state index contributed by atoms with van der Waals surface area (Å²) >= 11 is 0. The number of hydrogen-bond acceptors (Lipinski definition) is 11. The maximum Gasteiger partial charge on any atom is 0.331 e. The van der Waals surface area contributed by atoms with Crippen molar-refractivity contribution in [2.24, 2.45) is 28.6 Å². The Morgan fingerprint density at radius 2 is 1.73 bits per heavy atom. The van der Waals surface area contributed by atoms with E-state index in [1.54, 1.807) is 13.0 Å². The average Bonchev–Trinajstić information content (AvgIpc) is 3.46. The molecule has 0 aromatic heterocycles. The molecule has 0 radical (unpaired) electrons. The summed E-state index contributed by atoms with van der Waals surface area (Å²) in [6, 6.07) is 0. The van der Waals surface area contributed by atoms with Crippen LogP contribution in [0.25, 0.3) is 0 Å². The van der Waals surface area contributed by atoms with E-state index in [0.29, 0.717) is 38.5 Å². The zero-order chi connectivity index (χ0) is 28.8. The minimum absolute atomic E-state index is 0.0117. The van der Waals surface area contributed by atoms with Gasteiger partial charge in [0.05, 0.1) is 30.5 Å². The van der Waals surface area contributed by atoms with Gasteiger partial charge in [0.1, 0.15) is 30.5 Å². The summed E-state index contributed by atoms with van der Waals surface area (Å²) in [6.07, 6.45) is -3.13. The molecule has 2 heterocycles. The van der Waals surface area contributed by atoms with Crippen LogP contribution in [0.4, 0.5) is 0 Å². The SMILES string of the molecule is C[C@@H]1OC(O[C@H]2CC[C@]3(CO)[C@H]4CC[C@]5(C)[C@@H](C6=CC(=O)OC6)CC[C@]5(O)[C@@H]4C[C@@H](O)[C@]3(O)C2)[C@H](O)[C@H](O)[C@@H]1O. The van der Waals surface area contributed by atoms with Crippen molar-refractivity contribution in [1.29, 1.82) is 0 Å². The fourth-order valence-electron chi connectivity index (χ4n) is 9.93. The number of aliphatic hydroxyl groups excluding tert-OH is 5.